The van der Waals surface area contributed by atoms with E-state index < -0.39 is 5.82 Å². The van der Waals surface area contributed by atoms with Crippen molar-refractivity contribution in [1.29, 1.82) is 0 Å². The molecule has 23 heavy (non-hydrogen) atoms. The van der Waals surface area contributed by atoms with Crippen LogP contribution in [0.4, 0.5) is 4.39 Å². The zero-order valence-corrected chi connectivity index (χ0v) is 14.3. The Labute approximate surface area is 144 Å². The van der Waals surface area contributed by atoms with Gasteiger partial charge in [0.25, 0.3) is 0 Å². The van der Waals surface area contributed by atoms with Crippen LogP contribution in [-0.2, 0) is 12.8 Å². The summed E-state index contributed by atoms with van der Waals surface area (Å²) < 4.78 is 21.4. The molecule has 0 atom stereocenters. The highest BCUT2D eigenvalue weighted by atomic mass is 35.5. The molecular formula is C17H17Cl2FN2O. The van der Waals surface area contributed by atoms with Gasteiger partial charge in [0.05, 0.1) is 10.7 Å². The molecule has 0 radical (unpaired) electrons. The van der Waals surface area contributed by atoms with Crippen LogP contribution in [0, 0.1) is 5.82 Å². The standard InChI is InChI=1S/C17H17Cl2FN2O/c1-2-3-8-23-16-10-15(13(20)9-12(16)18)22-17(19)11-6-4-5-7-14(11)21-22/h2-3,9-10H,4-8H2,1H3. The molecule has 1 aliphatic carbocycles. The van der Waals surface area contributed by atoms with Gasteiger partial charge in [0, 0.05) is 11.6 Å². The Morgan fingerprint density at radius 2 is 2.09 bits per heavy atom. The van der Waals surface area contributed by atoms with E-state index in [2.05, 4.69) is 5.10 Å². The summed E-state index contributed by atoms with van der Waals surface area (Å²) in [6.07, 6.45) is 7.64. The van der Waals surface area contributed by atoms with E-state index in [4.69, 9.17) is 27.9 Å². The third kappa shape index (κ3) is 3.24. The summed E-state index contributed by atoms with van der Waals surface area (Å²) in [5, 5.41) is 5.18. The molecule has 1 heterocycles. The molecule has 1 aliphatic rings. The van der Waals surface area contributed by atoms with Crippen molar-refractivity contribution in [2.75, 3.05) is 6.61 Å². The van der Waals surface area contributed by atoms with Gasteiger partial charge in [-0.1, -0.05) is 35.4 Å². The zero-order valence-electron chi connectivity index (χ0n) is 12.8. The Morgan fingerprint density at radius 3 is 2.83 bits per heavy atom. The van der Waals surface area contributed by atoms with Gasteiger partial charge in [0.1, 0.15) is 23.2 Å². The summed E-state index contributed by atoms with van der Waals surface area (Å²) >= 11 is 12.5. The topological polar surface area (TPSA) is 27.1 Å². The van der Waals surface area contributed by atoms with Gasteiger partial charge in [0.2, 0.25) is 0 Å². The molecule has 0 spiro atoms. The number of nitrogens with zero attached hydrogens (tertiary/aromatic N) is 2. The van der Waals surface area contributed by atoms with Crippen molar-refractivity contribution in [2.45, 2.75) is 32.6 Å². The van der Waals surface area contributed by atoms with E-state index in [0.29, 0.717) is 17.5 Å². The molecule has 1 aromatic carbocycles. The number of ether oxygens (including phenoxy) is 1. The SMILES string of the molecule is CC=CCOc1cc(-n2nc3c(c2Cl)CCCC3)c(F)cc1Cl. The van der Waals surface area contributed by atoms with Crippen LogP contribution in [0.1, 0.15) is 31.0 Å². The largest absolute Gasteiger partial charge is 0.488 e. The lowest BCUT2D eigenvalue weighted by atomic mass is 9.99. The predicted molar refractivity (Wildman–Crippen MR) is 90.5 cm³/mol. The maximum Gasteiger partial charge on any atom is 0.150 e. The van der Waals surface area contributed by atoms with E-state index in [1.54, 1.807) is 6.07 Å². The van der Waals surface area contributed by atoms with E-state index in [-0.39, 0.29) is 10.7 Å². The first kappa shape index (κ1) is 16.3. The van der Waals surface area contributed by atoms with E-state index in [1.165, 1.54) is 10.7 Å². The van der Waals surface area contributed by atoms with Gasteiger partial charge in [-0.15, -0.1) is 0 Å². The first-order valence-corrected chi connectivity index (χ1v) is 8.37. The second-order valence-electron chi connectivity index (χ2n) is 5.45. The molecule has 3 rings (SSSR count). The van der Waals surface area contributed by atoms with Gasteiger partial charge in [0.15, 0.2) is 5.82 Å². The van der Waals surface area contributed by atoms with Crippen molar-refractivity contribution >= 4 is 23.2 Å². The summed E-state index contributed by atoms with van der Waals surface area (Å²) in [6.45, 7) is 2.26. The first-order valence-electron chi connectivity index (χ1n) is 7.61. The average Bonchev–Trinajstić information content (AvgIpc) is 2.87. The fourth-order valence-electron chi connectivity index (χ4n) is 2.70. The van der Waals surface area contributed by atoms with Gasteiger partial charge in [-0.2, -0.15) is 5.10 Å². The summed E-state index contributed by atoms with van der Waals surface area (Å²) in [5.41, 5.74) is 2.22. The van der Waals surface area contributed by atoms with Gasteiger partial charge in [-0.3, -0.25) is 0 Å². The lowest BCUT2D eigenvalue weighted by molar-refractivity contribution is 0.362. The summed E-state index contributed by atoms with van der Waals surface area (Å²) in [7, 11) is 0. The Hall–Kier alpha value is -1.52. The van der Waals surface area contributed by atoms with Crippen molar-refractivity contribution in [2.24, 2.45) is 0 Å². The number of rotatable bonds is 4. The van der Waals surface area contributed by atoms with Crippen molar-refractivity contribution in [1.82, 2.24) is 9.78 Å². The monoisotopic (exact) mass is 354 g/mol. The van der Waals surface area contributed by atoms with Crippen LogP contribution in [0.25, 0.3) is 5.69 Å². The highest BCUT2D eigenvalue weighted by molar-refractivity contribution is 6.32. The highest BCUT2D eigenvalue weighted by Gasteiger charge is 2.22. The number of fused-ring (bicyclic) bond motifs is 1. The minimum Gasteiger partial charge on any atom is -0.488 e. The number of aryl methyl sites for hydroxylation is 1. The molecular weight excluding hydrogens is 338 g/mol. The fraction of sp³-hybridized carbons (Fsp3) is 0.353. The summed E-state index contributed by atoms with van der Waals surface area (Å²) in [5.74, 6) is -0.0687. The minimum absolute atomic E-state index is 0.226. The number of halogens is 3. The zero-order chi connectivity index (χ0) is 16.4. The van der Waals surface area contributed by atoms with Crippen molar-refractivity contribution in [3.05, 3.63) is 51.5 Å². The molecule has 0 fully saturated rings. The van der Waals surface area contributed by atoms with Crippen molar-refractivity contribution in [3.63, 3.8) is 0 Å². The molecule has 1 aromatic heterocycles. The molecule has 3 nitrogen and oxygen atoms in total. The lowest BCUT2D eigenvalue weighted by Gasteiger charge is -2.11. The molecule has 0 bridgehead atoms. The number of benzene rings is 1. The third-order valence-corrected chi connectivity index (χ3v) is 4.58. The minimum atomic E-state index is -0.477. The quantitative estimate of drug-likeness (QED) is 0.709. The maximum atomic E-state index is 14.4. The van der Waals surface area contributed by atoms with Crippen LogP contribution >= 0.6 is 23.2 Å². The van der Waals surface area contributed by atoms with Crippen LogP contribution in [0.15, 0.2) is 24.3 Å². The molecule has 0 saturated carbocycles. The van der Waals surface area contributed by atoms with Crippen LogP contribution in [0.2, 0.25) is 10.2 Å². The Morgan fingerprint density at radius 1 is 1.30 bits per heavy atom. The van der Waals surface area contributed by atoms with Crippen molar-refractivity contribution < 1.29 is 9.13 Å². The number of hydrogen-bond acceptors (Lipinski definition) is 2. The Bertz CT molecular complexity index is 756. The van der Waals surface area contributed by atoms with Gasteiger partial charge < -0.3 is 4.74 Å². The summed E-state index contributed by atoms with van der Waals surface area (Å²) in [4.78, 5) is 0. The summed E-state index contributed by atoms with van der Waals surface area (Å²) in [6, 6.07) is 2.78. The van der Waals surface area contributed by atoms with Crippen LogP contribution in [0.5, 0.6) is 5.75 Å². The molecule has 0 N–H and O–H groups in total. The van der Waals surface area contributed by atoms with Crippen LogP contribution in [0.3, 0.4) is 0 Å². The molecule has 0 aliphatic heterocycles. The number of allylic oxidation sites excluding steroid dienone is 1. The van der Waals surface area contributed by atoms with Gasteiger partial charge in [-0.05, 0) is 38.7 Å². The van der Waals surface area contributed by atoms with Crippen LogP contribution < -0.4 is 4.74 Å². The third-order valence-electron chi connectivity index (χ3n) is 3.89. The first-order chi connectivity index (χ1) is 11.1. The van der Waals surface area contributed by atoms with E-state index >= 15 is 0 Å². The number of hydrogen-bond donors (Lipinski definition) is 0. The second kappa shape index (κ2) is 6.93. The molecule has 0 saturated heterocycles. The Kier molecular flexibility index (Phi) is 4.93. The van der Waals surface area contributed by atoms with Gasteiger partial charge >= 0.3 is 0 Å². The molecule has 0 amide bonds. The van der Waals surface area contributed by atoms with Gasteiger partial charge in [-0.25, -0.2) is 9.07 Å². The second-order valence-corrected chi connectivity index (χ2v) is 6.21. The fourth-order valence-corrected chi connectivity index (χ4v) is 3.24. The van der Waals surface area contributed by atoms with Crippen LogP contribution in [-0.4, -0.2) is 16.4 Å². The molecule has 0 unspecified atom stereocenters. The molecule has 122 valence electrons. The average molecular weight is 355 g/mol. The Balaban J connectivity index is 2.02. The molecule has 2 aromatic rings. The number of aromatic nitrogens is 2. The van der Waals surface area contributed by atoms with E-state index in [9.17, 15) is 4.39 Å². The smallest absolute Gasteiger partial charge is 0.150 e. The van der Waals surface area contributed by atoms with Crippen molar-refractivity contribution in [3.8, 4) is 11.4 Å². The normalized spacial score (nSPS) is 14.3. The van der Waals surface area contributed by atoms with E-state index in [0.717, 1.165) is 36.9 Å². The highest BCUT2D eigenvalue weighted by Crippen LogP contribution is 2.34. The van der Waals surface area contributed by atoms with E-state index in [1.807, 2.05) is 19.1 Å². The predicted octanol–water partition coefficient (Wildman–Crippen LogP) is 5.15. The lowest BCUT2D eigenvalue weighted by Crippen LogP contribution is -2.03. The maximum absolute atomic E-state index is 14.4. The molecule has 6 heteroatoms.